The first-order chi connectivity index (χ1) is 8.52. The lowest BCUT2D eigenvalue weighted by Crippen LogP contribution is -2.27. The third-order valence-electron chi connectivity index (χ3n) is 2.32. The Kier molecular flexibility index (Phi) is 3.12. The summed E-state index contributed by atoms with van der Waals surface area (Å²) in [4.78, 5) is 24.7. The highest BCUT2D eigenvalue weighted by molar-refractivity contribution is 6.32. The zero-order valence-corrected chi connectivity index (χ0v) is 10.1. The van der Waals surface area contributed by atoms with E-state index < -0.39 is 17.1 Å². The maximum Gasteiger partial charge on any atom is 0.335 e. The van der Waals surface area contributed by atoms with Crippen molar-refractivity contribution < 1.29 is 9.84 Å². The van der Waals surface area contributed by atoms with Crippen molar-refractivity contribution in [2.24, 2.45) is 0 Å². The Morgan fingerprint density at radius 2 is 2.06 bits per heavy atom. The number of aromatic amines is 1. The number of hydrogen-bond acceptors (Lipinski definition) is 4. The number of ether oxygens (including phenoxy) is 1. The van der Waals surface area contributed by atoms with E-state index in [2.05, 4.69) is 0 Å². The Morgan fingerprint density at radius 1 is 1.33 bits per heavy atom. The van der Waals surface area contributed by atoms with E-state index in [1.54, 1.807) is 0 Å². The first kappa shape index (κ1) is 12.3. The van der Waals surface area contributed by atoms with Gasteiger partial charge in [0.15, 0.2) is 0 Å². The topological polar surface area (TPSA) is 84.3 Å². The number of aromatic hydroxyl groups is 1. The third-order valence-corrected chi connectivity index (χ3v) is 2.63. The molecule has 6 nitrogen and oxygen atoms in total. The summed E-state index contributed by atoms with van der Waals surface area (Å²) in [5.74, 6) is -0.111. The van der Waals surface area contributed by atoms with Crippen LogP contribution in [0, 0.1) is 0 Å². The van der Waals surface area contributed by atoms with Crippen molar-refractivity contribution in [3.05, 3.63) is 50.1 Å². The molecule has 1 aromatic heterocycles. The Labute approximate surface area is 106 Å². The molecular formula is C11H9ClN2O4. The summed E-state index contributed by atoms with van der Waals surface area (Å²) in [6.45, 7) is 0. The standard InChI is InChI=1S/C11H9ClN2O4/c1-18-8-4-6(2-3-7(8)12)14-10(16)5-9(15)13-11(14)17/h2-5,16H,1H3,(H,13,15,17). The summed E-state index contributed by atoms with van der Waals surface area (Å²) in [6, 6.07) is 5.42. The zero-order valence-electron chi connectivity index (χ0n) is 9.31. The largest absolute Gasteiger partial charge is 0.495 e. The Balaban J connectivity index is 2.70. The summed E-state index contributed by atoms with van der Waals surface area (Å²) in [7, 11) is 1.43. The monoisotopic (exact) mass is 268 g/mol. The Hall–Kier alpha value is -2.21. The molecule has 1 aromatic carbocycles. The molecule has 2 N–H and O–H groups in total. The molecule has 0 radical (unpaired) electrons. The normalized spacial score (nSPS) is 10.3. The number of H-pyrrole nitrogens is 1. The second kappa shape index (κ2) is 4.58. The minimum atomic E-state index is -0.746. The van der Waals surface area contributed by atoms with Gasteiger partial charge in [0.25, 0.3) is 5.56 Å². The van der Waals surface area contributed by atoms with Crippen molar-refractivity contribution >= 4 is 11.6 Å². The summed E-state index contributed by atoms with van der Waals surface area (Å²) in [6.07, 6.45) is 0. The first-order valence-electron chi connectivity index (χ1n) is 4.92. The molecular weight excluding hydrogens is 260 g/mol. The van der Waals surface area contributed by atoms with Crippen molar-refractivity contribution in [1.82, 2.24) is 9.55 Å². The van der Waals surface area contributed by atoms with Crippen LogP contribution in [0.4, 0.5) is 0 Å². The van der Waals surface area contributed by atoms with Gasteiger partial charge in [0.1, 0.15) is 5.75 Å². The second-order valence-corrected chi connectivity index (χ2v) is 3.86. The van der Waals surface area contributed by atoms with Gasteiger partial charge in [0, 0.05) is 6.07 Å². The molecule has 2 aromatic rings. The van der Waals surface area contributed by atoms with Crippen molar-refractivity contribution in [2.45, 2.75) is 0 Å². The van der Waals surface area contributed by atoms with E-state index in [9.17, 15) is 14.7 Å². The van der Waals surface area contributed by atoms with Crippen molar-refractivity contribution in [1.29, 1.82) is 0 Å². The molecule has 0 fully saturated rings. The smallest absolute Gasteiger partial charge is 0.335 e. The van der Waals surface area contributed by atoms with Crippen molar-refractivity contribution in [3.63, 3.8) is 0 Å². The molecule has 7 heteroatoms. The third kappa shape index (κ3) is 2.10. The van der Waals surface area contributed by atoms with Crippen LogP contribution in [-0.4, -0.2) is 21.8 Å². The van der Waals surface area contributed by atoms with Crippen LogP contribution in [0.5, 0.6) is 11.6 Å². The molecule has 0 aliphatic rings. The number of benzene rings is 1. The van der Waals surface area contributed by atoms with E-state index in [4.69, 9.17) is 16.3 Å². The van der Waals surface area contributed by atoms with Gasteiger partial charge in [-0.15, -0.1) is 0 Å². The van der Waals surface area contributed by atoms with Gasteiger partial charge < -0.3 is 9.84 Å². The van der Waals surface area contributed by atoms with Gasteiger partial charge >= 0.3 is 5.69 Å². The van der Waals surface area contributed by atoms with E-state index in [1.165, 1.54) is 25.3 Å². The van der Waals surface area contributed by atoms with E-state index in [1.807, 2.05) is 4.98 Å². The molecule has 0 saturated carbocycles. The molecule has 0 aliphatic carbocycles. The highest BCUT2D eigenvalue weighted by Gasteiger charge is 2.09. The predicted octanol–water partition coefficient (Wildman–Crippen LogP) is 0.893. The number of hydrogen-bond donors (Lipinski definition) is 2. The quantitative estimate of drug-likeness (QED) is 0.847. The fourth-order valence-electron chi connectivity index (χ4n) is 1.52. The number of halogens is 1. The summed E-state index contributed by atoms with van der Waals surface area (Å²) in [5.41, 5.74) is -1.09. The molecule has 0 amide bonds. The van der Waals surface area contributed by atoms with Crippen LogP contribution in [0.25, 0.3) is 5.69 Å². The summed E-state index contributed by atoms with van der Waals surface area (Å²) < 4.78 is 5.94. The minimum absolute atomic E-state index is 0.329. The van der Waals surface area contributed by atoms with Crippen molar-refractivity contribution in [3.8, 4) is 17.3 Å². The first-order valence-corrected chi connectivity index (χ1v) is 5.30. The zero-order chi connectivity index (χ0) is 13.3. The maximum absolute atomic E-state index is 11.6. The number of nitrogens with one attached hydrogen (secondary N) is 1. The van der Waals surface area contributed by atoms with Crippen LogP contribution < -0.4 is 16.0 Å². The van der Waals surface area contributed by atoms with Gasteiger partial charge in [-0.2, -0.15) is 0 Å². The van der Waals surface area contributed by atoms with Crippen LogP contribution in [0.1, 0.15) is 0 Å². The van der Waals surface area contributed by atoms with Gasteiger partial charge in [-0.3, -0.25) is 9.78 Å². The lowest BCUT2D eigenvalue weighted by Gasteiger charge is -2.09. The molecule has 0 aliphatic heterocycles. The van der Waals surface area contributed by atoms with Gasteiger partial charge in [-0.05, 0) is 12.1 Å². The van der Waals surface area contributed by atoms with E-state index in [0.717, 1.165) is 10.6 Å². The van der Waals surface area contributed by atoms with Gasteiger partial charge in [-0.25, -0.2) is 9.36 Å². The molecule has 18 heavy (non-hydrogen) atoms. The van der Waals surface area contributed by atoms with E-state index in [0.29, 0.717) is 16.5 Å². The molecule has 1 heterocycles. The highest BCUT2D eigenvalue weighted by atomic mass is 35.5. The van der Waals surface area contributed by atoms with Crippen LogP contribution in [-0.2, 0) is 0 Å². The Morgan fingerprint density at radius 3 is 2.67 bits per heavy atom. The van der Waals surface area contributed by atoms with E-state index in [-0.39, 0.29) is 0 Å². The molecule has 0 spiro atoms. The second-order valence-electron chi connectivity index (χ2n) is 3.45. The fraction of sp³-hybridized carbons (Fsp3) is 0.0909. The highest BCUT2D eigenvalue weighted by Crippen LogP contribution is 2.27. The average Bonchev–Trinajstić information content (AvgIpc) is 2.30. The lowest BCUT2D eigenvalue weighted by atomic mass is 10.3. The Bertz CT molecular complexity index is 705. The van der Waals surface area contributed by atoms with Gasteiger partial charge in [0.05, 0.1) is 23.9 Å². The predicted molar refractivity (Wildman–Crippen MR) is 65.9 cm³/mol. The number of nitrogens with zero attached hydrogens (tertiary/aromatic N) is 1. The van der Waals surface area contributed by atoms with E-state index >= 15 is 0 Å². The number of aromatic nitrogens is 2. The van der Waals surface area contributed by atoms with Crippen LogP contribution >= 0.6 is 11.6 Å². The molecule has 0 unspecified atom stereocenters. The number of methoxy groups -OCH3 is 1. The average molecular weight is 269 g/mol. The van der Waals surface area contributed by atoms with Gasteiger partial charge in [0.2, 0.25) is 5.88 Å². The summed E-state index contributed by atoms with van der Waals surface area (Å²) >= 11 is 5.86. The number of rotatable bonds is 2. The lowest BCUT2D eigenvalue weighted by molar-refractivity contribution is 0.413. The molecule has 0 bridgehead atoms. The molecule has 0 atom stereocenters. The maximum atomic E-state index is 11.6. The van der Waals surface area contributed by atoms with Crippen LogP contribution in [0.2, 0.25) is 5.02 Å². The molecule has 2 rings (SSSR count). The molecule has 94 valence electrons. The van der Waals surface area contributed by atoms with Crippen LogP contribution in [0.15, 0.2) is 33.9 Å². The van der Waals surface area contributed by atoms with Crippen LogP contribution in [0.3, 0.4) is 0 Å². The molecule has 0 saturated heterocycles. The van der Waals surface area contributed by atoms with Crippen molar-refractivity contribution in [2.75, 3.05) is 7.11 Å². The summed E-state index contributed by atoms with van der Waals surface area (Å²) in [5, 5.41) is 10.0. The fourth-order valence-corrected chi connectivity index (χ4v) is 1.72. The van der Waals surface area contributed by atoms with Gasteiger partial charge in [-0.1, -0.05) is 11.6 Å². The minimum Gasteiger partial charge on any atom is -0.495 e. The SMILES string of the molecule is COc1cc(-n2c(O)cc(=O)[nH]c2=O)ccc1Cl.